The minimum atomic E-state index is -0.295. The molecule has 0 amide bonds. The molecule has 0 spiro atoms. The number of aromatic nitrogens is 3. The SMILES string of the molecule is COCCCn1c(SC(C)C(=O)c2ccc(C)c(C)c2)nnc1-c1ccccc1Cl. The van der Waals surface area contributed by atoms with Crippen LogP contribution in [-0.2, 0) is 11.3 Å². The fourth-order valence-electron chi connectivity index (χ4n) is 3.13. The normalized spacial score (nSPS) is 12.2. The van der Waals surface area contributed by atoms with Crippen LogP contribution in [0.1, 0.15) is 34.8 Å². The number of halogens is 1. The van der Waals surface area contributed by atoms with Gasteiger partial charge >= 0.3 is 0 Å². The zero-order chi connectivity index (χ0) is 21.7. The van der Waals surface area contributed by atoms with E-state index in [1.807, 2.05) is 67.8 Å². The van der Waals surface area contributed by atoms with Gasteiger partial charge in [0.25, 0.3) is 0 Å². The number of hydrogen-bond donors (Lipinski definition) is 0. The van der Waals surface area contributed by atoms with Crippen LogP contribution in [0.5, 0.6) is 0 Å². The highest BCUT2D eigenvalue weighted by molar-refractivity contribution is 8.00. The molecule has 0 saturated carbocycles. The third kappa shape index (κ3) is 5.12. The quantitative estimate of drug-likeness (QED) is 0.244. The second-order valence-electron chi connectivity index (χ2n) is 7.21. The Morgan fingerprint density at radius 2 is 1.93 bits per heavy atom. The Labute approximate surface area is 186 Å². The molecule has 158 valence electrons. The van der Waals surface area contributed by atoms with Crippen molar-refractivity contribution in [2.45, 2.75) is 44.1 Å². The van der Waals surface area contributed by atoms with Gasteiger partial charge in [-0.1, -0.05) is 47.6 Å². The summed E-state index contributed by atoms with van der Waals surface area (Å²) in [7, 11) is 1.68. The fraction of sp³-hybridized carbons (Fsp3) is 0.348. The van der Waals surface area contributed by atoms with E-state index in [0.717, 1.165) is 23.1 Å². The Kier molecular flexibility index (Phi) is 7.69. The van der Waals surface area contributed by atoms with Crippen LogP contribution in [0.15, 0.2) is 47.6 Å². The molecule has 0 N–H and O–H groups in total. The van der Waals surface area contributed by atoms with Crippen molar-refractivity contribution in [1.82, 2.24) is 14.8 Å². The van der Waals surface area contributed by atoms with Gasteiger partial charge in [0.15, 0.2) is 16.8 Å². The first-order valence-electron chi connectivity index (χ1n) is 9.87. The lowest BCUT2D eigenvalue weighted by molar-refractivity contribution is 0.0993. The predicted molar refractivity (Wildman–Crippen MR) is 123 cm³/mol. The molecule has 7 heteroatoms. The Hall–Kier alpha value is -2.15. The number of carbonyl (C=O) groups is 1. The van der Waals surface area contributed by atoms with Gasteiger partial charge in [-0.2, -0.15) is 0 Å². The van der Waals surface area contributed by atoms with Crippen molar-refractivity contribution in [3.8, 4) is 11.4 Å². The molecule has 1 unspecified atom stereocenters. The number of Topliss-reactive ketones (excluding diaryl/α,β-unsaturated/α-hetero) is 1. The molecule has 3 rings (SSSR count). The smallest absolute Gasteiger partial charge is 0.192 e. The van der Waals surface area contributed by atoms with Gasteiger partial charge in [0.2, 0.25) is 0 Å². The van der Waals surface area contributed by atoms with Gasteiger partial charge in [-0.05, 0) is 56.5 Å². The Bertz CT molecular complexity index is 1040. The number of hydrogen-bond acceptors (Lipinski definition) is 5. The molecule has 1 aromatic heterocycles. The number of thioether (sulfide) groups is 1. The first kappa shape index (κ1) is 22.5. The van der Waals surface area contributed by atoms with Crippen LogP contribution in [0.25, 0.3) is 11.4 Å². The van der Waals surface area contributed by atoms with Gasteiger partial charge in [0.05, 0.1) is 10.3 Å². The standard InChI is InChI=1S/C23H26ClN3O2S/c1-15-10-11-18(14-16(15)2)21(28)17(3)30-23-26-25-22(27(23)12-7-13-29-4)19-8-5-6-9-20(19)24/h5-6,8-11,14,17H,7,12-13H2,1-4H3. The van der Waals surface area contributed by atoms with E-state index in [0.29, 0.717) is 29.2 Å². The largest absolute Gasteiger partial charge is 0.385 e. The van der Waals surface area contributed by atoms with Gasteiger partial charge < -0.3 is 9.30 Å². The van der Waals surface area contributed by atoms with Gasteiger partial charge in [0, 0.05) is 31.4 Å². The van der Waals surface area contributed by atoms with E-state index in [2.05, 4.69) is 10.2 Å². The van der Waals surface area contributed by atoms with Crippen molar-refractivity contribution in [3.63, 3.8) is 0 Å². The highest BCUT2D eigenvalue weighted by atomic mass is 35.5. The lowest BCUT2D eigenvalue weighted by atomic mass is 10.0. The van der Waals surface area contributed by atoms with Crippen LogP contribution in [0.4, 0.5) is 0 Å². The van der Waals surface area contributed by atoms with Crippen LogP contribution < -0.4 is 0 Å². The molecule has 0 aliphatic heterocycles. The zero-order valence-electron chi connectivity index (χ0n) is 17.7. The summed E-state index contributed by atoms with van der Waals surface area (Å²) in [5, 5.41) is 9.80. The van der Waals surface area contributed by atoms with Crippen LogP contribution >= 0.6 is 23.4 Å². The predicted octanol–water partition coefficient (Wildman–Crippen LogP) is 5.62. The number of rotatable bonds is 9. The maximum Gasteiger partial charge on any atom is 0.192 e. The molecule has 2 aromatic carbocycles. The highest BCUT2D eigenvalue weighted by Crippen LogP contribution is 2.31. The van der Waals surface area contributed by atoms with Gasteiger partial charge in [-0.25, -0.2) is 0 Å². The lowest BCUT2D eigenvalue weighted by Crippen LogP contribution is -2.15. The third-order valence-electron chi connectivity index (χ3n) is 5.00. The minimum Gasteiger partial charge on any atom is -0.385 e. The number of carbonyl (C=O) groups excluding carboxylic acids is 1. The summed E-state index contributed by atoms with van der Waals surface area (Å²) in [6, 6.07) is 13.4. The van der Waals surface area contributed by atoms with Crippen molar-refractivity contribution in [1.29, 1.82) is 0 Å². The molecule has 0 bridgehead atoms. The topological polar surface area (TPSA) is 57.0 Å². The van der Waals surface area contributed by atoms with E-state index >= 15 is 0 Å². The average molecular weight is 444 g/mol. The maximum atomic E-state index is 13.0. The van der Waals surface area contributed by atoms with Crippen LogP contribution in [-0.4, -0.2) is 39.5 Å². The molecule has 1 heterocycles. The van der Waals surface area contributed by atoms with E-state index in [1.165, 1.54) is 17.3 Å². The summed E-state index contributed by atoms with van der Waals surface area (Å²) in [4.78, 5) is 13.0. The summed E-state index contributed by atoms with van der Waals surface area (Å²) in [5.74, 6) is 0.777. The maximum absolute atomic E-state index is 13.0. The van der Waals surface area contributed by atoms with Crippen LogP contribution in [0, 0.1) is 13.8 Å². The Morgan fingerprint density at radius 1 is 1.17 bits per heavy atom. The molecule has 30 heavy (non-hydrogen) atoms. The van der Waals surface area contributed by atoms with Gasteiger partial charge in [-0.3, -0.25) is 4.79 Å². The highest BCUT2D eigenvalue weighted by Gasteiger charge is 2.22. The van der Waals surface area contributed by atoms with E-state index < -0.39 is 0 Å². The molecule has 0 saturated heterocycles. The molecule has 5 nitrogen and oxygen atoms in total. The fourth-order valence-corrected chi connectivity index (χ4v) is 4.30. The lowest BCUT2D eigenvalue weighted by Gasteiger charge is -2.14. The Balaban J connectivity index is 1.88. The van der Waals surface area contributed by atoms with Crippen molar-refractivity contribution < 1.29 is 9.53 Å². The first-order valence-corrected chi connectivity index (χ1v) is 11.1. The average Bonchev–Trinajstić information content (AvgIpc) is 3.12. The second kappa shape index (κ2) is 10.2. The molecule has 0 aliphatic rings. The van der Waals surface area contributed by atoms with E-state index in [4.69, 9.17) is 16.3 Å². The van der Waals surface area contributed by atoms with E-state index in [9.17, 15) is 4.79 Å². The summed E-state index contributed by atoms with van der Waals surface area (Å²) in [6.07, 6.45) is 0.805. The summed E-state index contributed by atoms with van der Waals surface area (Å²) in [6.45, 7) is 7.27. The number of methoxy groups -OCH3 is 1. The summed E-state index contributed by atoms with van der Waals surface area (Å²) < 4.78 is 7.23. The number of aryl methyl sites for hydroxylation is 2. The number of benzene rings is 2. The molecule has 0 fully saturated rings. The van der Waals surface area contributed by atoms with Crippen molar-refractivity contribution in [2.75, 3.05) is 13.7 Å². The van der Waals surface area contributed by atoms with Crippen molar-refractivity contribution in [3.05, 3.63) is 64.2 Å². The third-order valence-corrected chi connectivity index (χ3v) is 6.41. The first-order chi connectivity index (χ1) is 14.4. The number of nitrogens with zero attached hydrogens (tertiary/aromatic N) is 3. The Morgan fingerprint density at radius 3 is 2.63 bits per heavy atom. The second-order valence-corrected chi connectivity index (χ2v) is 8.92. The molecule has 0 radical (unpaired) electrons. The zero-order valence-corrected chi connectivity index (χ0v) is 19.3. The van der Waals surface area contributed by atoms with Crippen molar-refractivity contribution in [2.24, 2.45) is 0 Å². The van der Waals surface area contributed by atoms with Crippen LogP contribution in [0.3, 0.4) is 0 Å². The van der Waals surface area contributed by atoms with E-state index in [1.54, 1.807) is 7.11 Å². The monoisotopic (exact) mass is 443 g/mol. The molecule has 0 aliphatic carbocycles. The molecular weight excluding hydrogens is 418 g/mol. The summed E-state index contributed by atoms with van der Waals surface area (Å²) >= 11 is 7.82. The molecular formula is C23H26ClN3O2S. The molecule has 3 aromatic rings. The number of ketones is 1. The van der Waals surface area contributed by atoms with Crippen LogP contribution in [0.2, 0.25) is 5.02 Å². The van der Waals surface area contributed by atoms with Crippen molar-refractivity contribution >= 4 is 29.1 Å². The van der Waals surface area contributed by atoms with E-state index in [-0.39, 0.29) is 11.0 Å². The number of ether oxygens (including phenoxy) is 1. The minimum absolute atomic E-state index is 0.0776. The van der Waals surface area contributed by atoms with Gasteiger partial charge in [0.1, 0.15) is 0 Å². The molecule has 1 atom stereocenters. The van der Waals surface area contributed by atoms with Gasteiger partial charge in [-0.15, -0.1) is 10.2 Å². The summed E-state index contributed by atoms with van der Waals surface area (Å²) in [5.41, 5.74) is 3.83.